The van der Waals surface area contributed by atoms with Gasteiger partial charge in [-0.25, -0.2) is 0 Å². The first-order valence-electron chi connectivity index (χ1n) is 6.57. The van der Waals surface area contributed by atoms with Gasteiger partial charge in [0.1, 0.15) is 5.15 Å². The van der Waals surface area contributed by atoms with Gasteiger partial charge >= 0.3 is 0 Å². The third kappa shape index (κ3) is 3.97. The molecule has 1 atom stereocenters. The van der Waals surface area contributed by atoms with Crippen LogP contribution >= 0.6 is 11.6 Å². The second-order valence-electron chi connectivity index (χ2n) is 5.01. The number of nitrogens with zero attached hydrogens (tertiary/aromatic N) is 2. The third-order valence-corrected chi connectivity index (χ3v) is 3.42. The van der Waals surface area contributed by atoms with Crippen LogP contribution in [-0.2, 0) is 13.6 Å². The first kappa shape index (κ1) is 15.5. The van der Waals surface area contributed by atoms with Crippen LogP contribution in [0.2, 0.25) is 5.15 Å². The van der Waals surface area contributed by atoms with E-state index in [2.05, 4.69) is 31.2 Å². The molecule has 0 radical (unpaired) electrons. The Bertz CT molecular complexity index is 377. The van der Waals surface area contributed by atoms with E-state index in [4.69, 9.17) is 11.6 Å². The van der Waals surface area contributed by atoms with Crippen molar-refractivity contribution >= 4 is 11.6 Å². The lowest BCUT2D eigenvalue weighted by molar-refractivity contribution is 0.160. The van der Waals surface area contributed by atoms with E-state index in [0.29, 0.717) is 24.2 Å². The van der Waals surface area contributed by atoms with Crippen molar-refractivity contribution in [3.63, 3.8) is 0 Å². The van der Waals surface area contributed by atoms with E-state index in [-0.39, 0.29) is 6.10 Å². The van der Waals surface area contributed by atoms with E-state index in [9.17, 15) is 5.11 Å². The van der Waals surface area contributed by atoms with Gasteiger partial charge in [-0.2, -0.15) is 5.10 Å². The van der Waals surface area contributed by atoms with Crippen molar-refractivity contribution in [3.8, 4) is 0 Å². The summed E-state index contributed by atoms with van der Waals surface area (Å²) >= 11 is 6.23. The van der Waals surface area contributed by atoms with Crippen molar-refractivity contribution in [2.24, 2.45) is 7.05 Å². The van der Waals surface area contributed by atoms with Gasteiger partial charge in [-0.15, -0.1) is 0 Å². The molecule has 1 unspecified atom stereocenters. The van der Waals surface area contributed by atoms with Gasteiger partial charge in [0.05, 0.1) is 11.8 Å². The number of halogens is 1. The van der Waals surface area contributed by atoms with Gasteiger partial charge in [-0.05, 0) is 12.3 Å². The summed E-state index contributed by atoms with van der Waals surface area (Å²) in [7, 11) is 1.85. The number of hydrogen-bond acceptors (Lipinski definition) is 3. The van der Waals surface area contributed by atoms with Gasteiger partial charge < -0.3 is 10.4 Å². The maximum absolute atomic E-state index is 9.66. The Kier molecular flexibility index (Phi) is 6.12. The average Bonchev–Trinajstić information content (AvgIpc) is 2.57. The molecule has 1 rings (SSSR count). The molecular weight excluding hydrogens is 250 g/mol. The molecule has 1 heterocycles. The molecule has 0 aromatic carbocycles. The predicted molar refractivity (Wildman–Crippen MR) is 74.9 cm³/mol. The average molecular weight is 274 g/mol. The largest absolute Gasteiger partial charge is 0.392 e. The summed E-state index contributed by atoms with van der Waals surface area (Å²) in [6, 6.07) is 0. The summed E-state index contributed by atoms with van der Waals surface area (Å²) in [4.78, 5) is 0. The van der Waals surface area contributed by atoms with E-state index in [1.807, 2.05) is 7.05 Å². The predicted octanol–water partition coefficient (Wildman–Crippen LogP) is 2.45. The number of aliphatic hydroxyl groups excluding tert-OH is 1. The van der Waals surface area contributed by atoms with E-state index in [1.54, 1.807) is 4.68 Å². The zero-order valence-corrected chi connectivity index (χ0v) is 12.5. The molecule has 5 heteroatoms. The first-order chi connectivity index (χ1) is 8.47. The lowest BCUT2D eigenvalue weighted by Gasteiger charge is -2.11. The molecule has 0 aliphatic heterocycles. The number of aliphatic hydroxyl groups is 1. The molecule has 0 aliphatic rings. The molecule has 1 aromatic heterocycles. The van der Waals surface area contributed by atoms with Crippen molar-refractivity contribution in [1.82, 2.24) is 15.1 Å². The van der Waals surface area contributed by atoms with Gasteiger partial charge in [0.25, 0.3) is 0 Å². The number of hydrogen-bond donors (Lipinski definition) is 2. The Morgan fingerprint density at radius 3 is 2.67 bits per heavy atom. The monoisotopic (exact) mass is 273 g/mol. The minimum absolute atomic E-state index is 0.284. The number of aromatic nitrogens is 2. The highest BCUT2D eigenvalue weighted by Crippen LogP contribution is 2.24. The van der Waals surface area contributed by atoms with Crippen LogP contribution < -0.4 is 5.32 Å². The van der Waals surface area contributed by atoms with Crippen LogP contribution in [0, 0.1) is 0 Å². The van der Waals surface area contributed by atoms with E-state index in [0.717, 1.165) is 24.1 Å². The molecule has 0 bridgehead atoms. The SMILES string of the molecule is CCCC(O)CNCc1c(C(C)C)nn(C)c1Cl. The molecule has 18 heavy (non-hydrogen) atoms. The Labute approximate surface area is 114 Å². The lowest BCUT2D eigenvalue weighted by Crippen LogP contribution is -2.26. The number of nitrogens with one attached hydrogen (secondary N) is 1. The van der Waals surface area contributed by atoms with E-state index < -0.39 is 0 Å². The molecule has 2 N–H and O–H groups in total. The van der Waals surface area contributed by atoms with Crippen molar-refractivity contribution in [2.75, 3.05) is 6.54 Å². The zero-order chi connectivity index (χ0) is 13.7. The normalized spacial score (nSPS) is 13.3. The molecule has 4 nitrogen and oxygen atoms in total. The molecule has 0 fully saturated rings. The summed E-state index contributed by atoms with van der Waals surface area (Å²) in [5, 5.41) is 18.0. The standard InChI is InChI=1S/C13H24ClN3O/c1-5-6-10(18)7-15-8-11-12(9(2)3)16-17(4)13(11)14/h9-10,15,18H,5-8H2,1-4H3. The molecule has 104 valence electrons. The second kappa shape index (κ2) is 7.12. The second-order valence-corrected chi connectivity index (χ2v) is 5.36. The topological polar surface area (TPSA) is 50.1 Å². The highest BCUT2D eigenvalue weighted by atomic mass is 35.5. The fourth-order valence-corrected chi connectivity index (χ4v) is 2.19. The van der Waals surface area contributed by atoms with Gasteiger partial charge in [0.15, 0.2) is 0 Å². The van der Waals surface area contributed by atoms with Crippen LogP contribution in [0.5, 0.6) is 0 Å². The maximum atomic E-state index is 9.66. The van der Waals surface area contributed by atoms with Gasteiger partial charge in [0, 0.05) is 25.7 Å². The van der Waals surface area contributed by atoms with Crippen LogP contribution in [0.3, 0.4) is 0 Å². The van der Waals surface area contributed by atoms with Gasteiger partial charge in [-0.3, -0.25) is 4.68 Å². The number of aryl methyl sites for hydroxylation is 1. The fraction of sp³-hybridized carbons (Fsp3) is 0.769. The molecule has 0 amide bonds. The zero-order valence-electron chi connectivity index (χ0n) is 11.7. The summed E-state index contributed by atoms with van der Waals surface area (Å²) in [5.74, 6) is 0.348. The van der Waals surface area contributed by atoms with Crippen LogP contribution in [0.15, 0.2) is 0 Å². The highest BCUT2D eigenvalue weighted by Gasteiger charge is 2.16. The summed E-state index contributed by atoms with van der Waals surface area (Å²) in [5.41, 5.74) is 2.07. The third-order valence-electron chi connectivity index (χ3n) is 2.95. The highest BCUT2D eigenvalue weighted by molar-refractivity contribution is 6.30. The smallest absolute Gasteiger partial charge is 0.131 e. The molecule has 0 spiro atoms. The minimum atomic E-state index is -0.284. The molecule has 0 aliphatic carbocycles. The van der Waals surface area contributed by atoms with Crippen LogP contribution in [0.4, 0.5) is 0 Å². The molecular formula is C13H24ClN3O. The van der Waals surface area contributed by atoms with Crippen molar-refractivity contribution in [1.29, 1.82) is 0 Å². The summed E-state index contributed by atoms with van der Waals surface area (Å²) in [6.07, 6.45) is 1.53. The summed E-state index contributed by atoms with van der Waals surface area (Å²) in [6.45, 7) is 7.53. The van der Waals surface area contributed by atoms with Crippen LogP contribution in [0.25, 0.3) is 0 Å². The Hall–Kier alpha value is -0.580. The molecule has 1 aromatic rings. The Balaban J connectivity index is 2.61. The summed E-state index contributed by atoms with van der Waals surface area (Å²) < 4.78 is 1.70. The number of rotatable bonds is 7. The van der Waals surface area contributed by atoms with E-state index >= 15 is 0 Å². The van der Waals surface area contributed by atoms with E-state index in [1.165, 1.54) is 0 Å². The lowest BCUT2D eigenvalue weighted by atomic mass is 10.1. The van der Waals surface area contributed by atoms with Crippen molar-refractivity contribution < 1.29 is 5.11 Å². The van der Waals surface area contributed by atoms with Gasteiger partial charge in [0.2, 0.25) is 0 Å². The van der Waals surface area contributed by atoms with Gasteiger partial charge in [-0.1, -0.05) is 38.8 Å². The quantitative estimate of drug-likeness (QED) is 0.802. The Morgan fingerprint density at radius 1 is 1.44 bits per heavy atom. The molecule has 0 saturated carbocycles. The maximum Gasteiger partial charge on any atom is 0.131 e. The molecule has 0 saturated heterocycles. The Morgan fingerprint density at radius 2 is 2.11 bits per heavy atom. The van der Waals surface area contributed by atoms with Crippen molar-refractivity contribution in [3.05, 3.63) is 16.4 Å². The van der Waals surface area contributed by atoms with Crippen molar-refractivity contribution in [2.45, 2.75) is 52.2 Å². The van der Waals surface area contributed by atoms with Crippen LogP contribution in [0.1, 0.15) is 50.8 Å². The van der Waals surface area contributed by atoms with Crippen LogP contribution in [-0.4, -0.2) is 27.5 Å². The minimum Gasteiger partial charge on any atom is -0.392 e. The first-order valence-corrected chi connectivity index (χ1v) is 6.95. The fourth-order valence-electron chi connectivity index (χ4n) is 1.99.